The molecule has 1 aromatic heterocycles. The number of carbonyl (C=O) groups excluding carboxylic acids is 2. The fraction of sp³-hybridized carbons (Fsp3) is 0.176. The highest BCUT2D eigenvalue weighted by molar-refractivity contribution is 5.93. The van der Waals surface area contributed by atoms with Crippen molar-refractivity contribution in [1.29, 1.82) is 0 Å². The molecule has 0 radical (unpaired) electrons. The Kier molecular flexibility index (Phi) is 5.00. The first-order valence-electron chi connectivity index (χ1n) is 7.69. The van der Waals surface area contributed by atoms with Gasteiger partial charge in [-0.25, -0.2) is 4.68 Å². The molecular weight excluding hydrogens is 322 g/mol. The summed E-state index contributed by atoms with van der Waals surface area (Å²) in [4.78, 5) is 24.2. The smallest absolute Gasteiger partial charge is 0.263 e. The van der Waals surface area contributed by atoms with Gasteiger partial charge in [0.15, 0.2) is 0 Å². The highest BCUT2D eigenvalue weighted by Crippen LogP contribution is 2.15. The van der Waals surface area contributed by atoms with E-state index in [4.69, 9.17) is 0 Å². The Bertz CT molecular complexity index is 879. The molecule has 0 fully saturated rings. The van der Waals surface area contributed by atoms with Crippen molar-refractivity contribution in [2.75, 3.05) is 12.0 Å². The molecule has 2 aromatic carbocycles. The van der Waals surface area contributed by atoms with Crippen molar-refractivity contribution >= 4 is 22.6 Å². The third-order valence-electron chi connectivity index (χ3n) is 3.67. The molecule has 3 aromatic rings. The molecule has 0 aliphatic carbocycles. The molecule has 3 rings (SSSR count). The van der Waals surface area contributed by atoms with Crippen LogP contribution in [-0.2, 0) is 16.0 Å². The summed E-state index contributed by atoms with van der Waals surface area (Å²) < 4.78 is 1.24. The van der Waals surface area contributed by atoms with Crippen LogP contribution in [0.1, 0.15) is 5.56 Å². The van der Waals surface area contributed by atoms with Crippen LogP contribution in [0.5, 0.6) is 0 Å². The molecule has 3 N–H and O–H groups in total. The average molecular weight is 339 g/mol. The second-order valence-corrected chi connectivity index (χ2v) is 5.51. The Morgan fingerprint density at radius 1 is 1.08 bits per heavy atom. The Morgan fingerprint density at radius 3 is 2.52 bits per heavy atom. The SMILES string of the molecule is O=C(Cc1ccc2ccccc2c1)N[C@@H](CO)C(=O)Nn1cnnc1. The quantitative estimate of drug-likeness (QED) is 0.595. The van der Waals surface area contributed by atoms with E-state index in [-0.39, 0.29) is 12.3 Å². The number of benzene rings is 2. The first kappa shape index (κ1) is 16.6. The largest absolute Gasteiger partial charge is 0.394 e. The molecule has 0 saturated heterocycles. The van der Waals surface area contributed by atoms with Crippen molar-refractivity contribution in [3.05, 3.63) is 60.7 Å². The highest BCUT2D eigenvalue weighted by atomic mass is 16.3. The lowest BCUT2D eigenvalue weighted by Crippen LogP contribution is -2.48. The maximum absolute atomic E-state index is 12.2. The summed E-state index contributed by atoms with van der Waals surface area (Å²) in [5, 5.41) is 21.1. The fourth-order valence-electron chi connectivity index (χ4n) is 2.44. The lowest BCUT2D eigenvalue weighted by Gasteiger charge is -2.16. The van der Waals surface area contributed by atoms with Crippen molar-refractivity contribution in [3.8, 4) is 0 Å². The van der Waals surface area contributed by atoms with E-state index in [9.17, 15) is 14.7 Å². The number of amides is 2. The summed E-state index contributed by atoms with van der Waals surface area (Å²) >= 11 is 0. The molecule has 0 spiro atoms. The minimum Gasteiger partial charge on any atom is -0.394 e. The predicted molar refractivity (Wildman–Crippen MR) is 91.1 cm³/mol. The van der Waals surface area contributed by atoms with E-state index in [2.05, 4.69) is 20.9 Å². The van der Waals surface area contributed by atoms with Crippen LogP contribution in [0.2, 0.25) is 0 Å². The molecule has 8 heteroatoms. The van der Waals surface area contributed by atoms with Crippen LogP contribution in [-0.4, -0.2) is 44.4 Å². The standard InChI is InChI=1S/C17H17N5O3/c23-9-15(17(25)21-22-10-18-19-11-22)20-16(24)8-12-5-6-13-3-1-2-4-14(13)7-12/h1-7,10-11,15,23H,8-9H2,(H,20,24)(H,21,25)/t15-/m0/s1. The summed E-state index contributed by atoms with van der Waals surface area (Å²) in [6, 6.07) is 12.5. The molecule has 128 valence electrons. The zero-order valence-electron chi connectivity index (χ0n) is 13.3. The monoisotopic (exact) mass is 339 g/mol. The lowest BCUT2D eigenvalue weighted by molar-refractivity contribution is -0.127. The van der Waals surface area contributed by atoms with Crippen molar-refractivity contribution in [2.24, 2.45) is 0 Å². The van der Waals surface area contributed by atoms with Gasteiger partial charge in [0.1, 0.15) is 18.7 Å². The number of aliphatic hydroxyl groups is 1. The van der Waals surface area contributed by atoms with Crippen LogP contribution in [0.15, 0.2) is 55.1 Å². The molecule has 1 heterocycles. The minimum atomic E-state index is -1.06. The molecule has 8 nitrogen and oxygen atoms in total. The van der Waals surface area contributed by atoms with Crippen molar-refractivity contribution in [2.45, 2.75) is 12.5 Å². The van der Waals surface area contributed by atoms with E-state index in [1.165, 1.54) is 17.3 Å². The molecule has 0 bridgehead atoms. The van der Waals surface area contributed by atoms with E-state index in [1.54, 1.807) is 0 Å². The Morgan fingerprint density at radius 2 is 1.80 bits per heavy atom. The van der Waals surface area contributed by atoms with Crippen LogP contribution in [0, 0.1) is 0 Å². The first-order chi connectivity index (χ1) is 12.2. The molecular formula is C17H17N5O3. The van der Waals surface area contributed by atoms with Gasteiger partial charge in [-0.1, -0.05) is 42.5 Å². The van der Waals surface area contributed by atoms with Crippen LogP contribution in [0.4, 0.5) is 0 Å². The van der Waals surface area contributed by atoms with Gasteiger partial charge in [0.05, 0.1) is 13.0 Å². The van der Waals surface area contributed by atoms with Gasteiger partial charge < -0.3 is 10.4 Å². The molecule has 25 heavy (non-hydrogen) atoms. The average Bonchev–Trinajstić information content (AvgIpc) is 3.12. The van der Waals surface area contributed by atoms with Gasteiger partial charge in [0, 0.05) is 0 Å². The zero-order valence-corrected chi connectivity index (χ0v) is 13.3. The summed E-state index contributed by atoms with van der Waals surface area (Å²) in [7, 11) is 0. The number of hydrogen-bond acceptors (Lipinski definition) is 5. The normalized spacial score (nSPS) is 11.9. The second kappa shape index (κ2) is 7.54. The second-order valence-electron chi connectivity index (χ2n) is 5.51. The number of rotatable bonds is 6. The number of nitrogens with one attached hydrogen (secondary N) is 2. The van der Waals surface area contributed by atoms with Crippen molar-refractivity contribution in [3.63, 3.8) is 0 Å². The molecule has 0 unspecified atom stereocenters. The van der Waals surface area contributed by atoms with E-state index >= 15 is 0 Å². The lowest BCUT2D eigenvalue weighted by atomic mass is 10.0. The maximum atomic E-state index is 12.2. The number of hydrogen-bond donors (Lipinski definition) is 3. The number of carbonyl (C=O) groups is 2. The Labute approximate surface area is 143 Å². The Hall–Kier alpha value is -3.26. The van der Waals surface area contributed by atoms with Crippen LogP contribution in [0.25, 0.3) is 10.8 Å². The van der Waals surface area contributed by atoms with Gasteiger partial charge in [-0.3, -0.25) is 15.0 Å². The fourth-order valence-corrected chi connectivity index (χ4v) is 2.44. The van der Waals surface area contributed by atoms with Crippen LogP contribution >= 0.6 is 0 Å². The van der Waals surface area contributed by atoms with Gasteiger partial charge >= 0.3 is 0 Å². The van der Waals surface area contributed by atoms with Crippen LogP contribution in [0.3, 0.4) is 0 Å². The molecule has 0 aliphatic heterocycles. The highest BCUT2D eigenvalue weighted by Gasteiger charge is 2.20. The molecule has 0 saturated carbocycles. The van der Waals surface area contributed by atoms with E-state index in [0.29, 0.717) is 0 Å². The van der Waals surface area contributed by atoms with Crippen LogP contribution < -0.4 is 10.7 Å². The summed E-state index contributed by atoms with van der Waals surface area (Å²) in [6.45, 7) is -0.516. The summed E-state index contributed by atoms with van der Waals surface area (Å²) in [5.74, 6) is -0.914. The van der Waals surface area contributed by atoms with Gasteiger partial charge in [-0.05, 0) is 16.3 Å². The predicted octanol–water partition coefficient (Wildman–Crippen LogP) is 0.221. The van der Waals surface area contributed by atoms with Gasteiger partial charge in [0.2, 0.25) is 5.91 Å². The summed E-state index contributed by atoms with van der Waals surface area (Å²) in [5.41, 5.74) is 3.27. The van der Waals surface area contributed by atoms with Gasteiger partial charge in [0.25, 0.3) is 5.91 Å². The number of nitrogens with zero attached hydrogens (tertiary/aromatic N) is 3. The number of fused-ring (bicyclic) bond motifs is 1. The van der Waals surface area contributed by atoms with Gasteiger partial charge in [-0.2, -0.15) is 0 Å². The van der Waals surface area contributed by atoms with Gasteiger partial charge in [-0.15, -0.1) is 10.2 Å². The zero-order chi connectivity index (χ0) is 17.6. The third kappa shape index (κ3) is 4.18. The molecule has 2 amide bonds. The minimum absolute atomic E-state index is 0.112. The maximum Gasteiger partial charge on any atom is 0.263 e. The van der Waals surface area contributed by atoms with E-state index in [0.717, 1.165) is 16.3 Å². The third-order valence-corrected chi connectivity index (χ3v) is 3.67. The first-order valence-corrected chi connectivity index (χ1v) is 7.69. The molecule has 1 atom stereocenters. The summed E-state index contributed by atoms with van der Waals surface area (Å²) in [6.07, 6.45) is 2.70. The Balaban J connectivity index is 1.62. The topological polar surface area (TPSA) is 109 Å². The van der Waals surface area contributed by atoms with Crippen molar-refractivity contribution in [1.82, 2.24) is 20.2 Å². The van der Waals surface area contributed by atoms with Crippen molar-refractivity contribution < 1.29 is 14.7 Å². The van der Waals surface area contributed by atoms with E-state index in [1.807, 2.05) is 42.5 Å². The number of aliphatic hydroxyl groups excluding tert-OH is 1. The van der Waals surface area contributed by atoms with E-state index < -0.39 is 18.6 Å². The molecule has 0 aliphatic rings. The number of aromatic nitrogens is 3.